The average Bonchev–Trinajstić information content (AvgIpc) is 3.83. The Morgan fingerprint density at radius 3 is 2.62 bits per heavy atom. The zero-order chi connectivity index (χ0) is 32.4. The van der Waals surface area contributed by atoms with E-state index < -0.39 is 5.44 Å². The molecule has 0 bridgehead atoms. The molecule has 1 saturated heterocycles. The standard InChI is InChI=1S/C35H37BClFN8O/c36-35(25-6-8-26(38)9-7-25,32-22-46(44-43-32)28-10-11-28)42-27-18-29-33(24(20-39)21-40-34(29)30(37)19-27)41-31(23-4-2-1-3-5-23)12-13-45-14-16-47-17-15-45/h1-9,18-19,21-22,28,31,42-44H,10-17,36H2,(H,40,41)/t31-,35?/m1/s1. The second kappa shape index (κ2) is 13.4. The summed E-state index contributed by atoms with van der Waals surface area (Å²) in [5.41, 5.74) is 11.1. The number of halogens is 2. The topological polar surface area (TPSA) is 101 Å². The molecule has 3 aliphatic rings. The summed E-state index contributed by atoms with van der Waals surface area (Å²) in [6.45, 7) is 4.17. The van der Waals surface area contributed by atoms with Crippen LogP contribution in [0.1, 0.15) is 42.0 Å². The van der Waals surface area contributed by atoms with Gasteiger partial charge in [-0.3, -0.25) is 14.9 Å². The minimum atomic E-state index is -0.792. The molecule has 3 heterocycles. The normalized spacial score (nSPS) is 18.6. The molecule has 1 saturated carbocycles. The lowest BCUT2D eigenvalue weighted by Gasteiger charge is -2.34. The molecule has 47 heavy (non-hydrogen) atoms. The number of rotatable bonds is 11. The van der Waals surface area contributed by atoms with Crippen LogP contribution in [-0.2, 0) is 10.2 Å². The summed E-state index contributed by atoms with van der Waals surface area (Å²) in [6, 6.07) is 23.4. The maximum Gasteiger partial charge on any atom is 0.148 e. The summed E-state index contributed by atoms with van der Waals surface area (Å²) >= 11 is 6.94. The third kappa shape index (κ3) is 6.73. The van der Waals surface area contributed by atoms with E-state index >= 15 is 0 Å². The Bertz CT molecular complexity index is 1810. The minimum Gasteiger partial charge on any atom is -0.379 e. The fraction of sp³-hybridized carbons (Fsp3) is 0.314. The first-order chi connectivity index (χ1) is 22.9. The van der Waals surface area contributed by atoms with Gasteiger partial charge in [-0.2, -0.15) is 5.26 Å². The number of morpholine rings is 1. The van der Waals surface area contributed by atoms with Gasteiger partial charge in [-0.05, 0) is 54.7 Å². The maximum absolute atomic E-state index is 14.0. The minimum absolute atomic E-state index is 0.0658. The van der Waals surface area contributed by atoms with E-state index in [9.17, 15) is 9.65 Å². The number of pyridine rings is 1. The summed E-state index contributed by atoms with van der Waals surface area (Å²) in [4.78, 5) is 7.02. The van der Waals surface area contributed by atoms with Crippen LogP contribution in [0.4, 0.5) is 15.8 Å². The van der Waals surface area contributed by atoms with Crippen molar-refractivity contribution in [2.45, 2.75) is 36.8 Å². The molecule has 12 heteroatoms. The Kier molecular flexibility index (Phi) is 8.93. The monoisotopic (exact) mass is 650 g/mol. The van der Waals surface area contributed by atoms with Crippen molar-refractivity contribution in [1.29, 1.82) is 5.26 Å². The Labute approximate surface area is 280 Å². The molecule has 0 amide bonds. The molecule has 4 N–H and O–H groups in total. The van der Waals surface area contributed by atoms with Gasteiger partial charge in [0.05, 0.1) is 52.2 Å². The molecule has 1 aromatic heterocycles. The predicted molar refractivity (Wildman–Crippen MR) is 186 cm³/mol. The van der Waals surface area contributed by atoms with Crippen LogP contribution >= 0.6 is 11.6 Å². The lowest BCUT2D eigenvalue weighted by Crippen LogP contribution is -2.45. The Balaban J connectivity index is 1.27. The zero-order valence-corrected chi connectivity index (χ0v) is 27.0. The van der Waals surface area contributed by atoms with Crippen LogP contribution in [0.15, 0.2) is 84.8 Å². The van der Waals surface area contributed by atoms with Crippen molar-refractivity contribution < 1.29 is 9.13 Å². The van der Waals surface area contributed by atoms with E-state index in [1.807, 2.05) is 30.3 Å². The van der Waals surface area contributed by atoms with Crippen molar-refractivity contribution in [3.05, 3.63) is 112 Å². The number of ether oxygens (including phenoxy) is 1. The van der Waals surface area contributed by atoms with Crippen molar-refractivity contribution in [2.75, 3.05) is 43.5 Å². The first-order valence-electron chi connectivity index (χ1n) is 16.1. The predicted octanol–water partition coefficient (Wildman–Crippen LogP) is 5.00. The molecule has 4 aromatic rings. The van der Waals surface area contributed by atoms with E-state index in [-0.39, 0.29) is 11.9 Å². The van der Waals surface area contributed by atoms with E-state index in [0.29, 0.717) is 27.8 Å². The number of nitrogens with zero attached hydrogens (tertiary/aromatic N) is 4. The van der Waals surface area contributed by atoms with Gasteiger partial charge in [0.2, 0.25) is 0 Å². The highest BCUT2D eigenvalue weighted by Gasteiger charge is 2.38. The summed E-state index contributed by atoms with van der Waals surface area (Å²) in [5, 5.41) is 21.0. The molecule has 1 unspecified atom stereocenters. The number of nitriles is 1. The van der Waals surface area contributed by atoms with Gasteiger partial charge in [0.1, 0.15) is 19.7 Å². The summed E-state index contributed by atoms with van der Waals surface area (Å²) < 4.78 is 19.6. The van der Waals surface area contributed by atoms with E-state index in [0.717, 1.165) is 80.0 Å². The molecule has 2 aliphatic heterocycles. The van der Waals surface area contributed by atoms with Crippen LogP contribution in [0.5, 0.6) is 0 Å². The van der Waals surface area contributed by atoms with E-state index in [1.165, 1.54) is 12.1 Å². The fourth-order valence-corrected chi connectivity index (χ4v) is 6.66. The second-order valence-electron chi connectivity index (χ2n) is 12.5. The van der Waals surface area contributed by atoms with Gasteiger partial charge in [0.25, 0.3) is 0 Å². The highest BCUT2D eigenvalue weighted by Crippen LogP contribution is 2.39. The van der Waals surface area contributed by atoms with Crippen LogP contribution < -0.4 is 21.6 Å². The number of hydrogen-bond donors (Lipinski definition) is 4. The molecular formula is C35H37BClFN8O. The maximum atomic E-state index is 14.0. The molecule has 1 aliphatic carbocycles. The lowest BCUT2D eigenvalue weighted by atomic mass is 9.69. The van der Waals surface area contributed by atoms with Crippen LogP contribution in [0, 0.1) is 17.1 Å². The summed E-state index contributed by atoms with van der Waals surface area (Å²) in [6.07, 6.45) is 6.73. The van der Waals surface area contributed by atoms with Gasteiger partial charge >= 0.3 is 0 Å². The van der Waals surface area contributed by atoms with E-state index in [4.69, 9.17) is 16.3 Å². The highest BCUT2D eigenvalue weighted by atomic mass is 35.5. The number of anilines is 2. The van der Waals surface area contributed by atoms with Crippen molar-refractivity contribution >= 4 is 41.7 Å². The molecule has 2 atom stereocenters. The Morgan fingerprint density at radius 2 is 1.89 bits per heavy atom. The Hall–Kier alpha value is -4.34. The van der Waals surface area contributed by atoms with Gasteiger partial charge in [-0.25, -0.2) is 4.39 Å². The molecule has 240 valence electrons. The summed E-state index contributed by atoms with van der Waals surface area (Å²) in [7, 11) is 2.05. The first kappa shape index (κ1) is 31.3. The van der Waals surface area contributed by atoms with Gasteiger partial charge in [-0.1, -0.05) is 54.1 Å². The molecule has 0 spiro atoms. The molecule has 3 aromatic carbocycles. The third-order valence-corrected chi connectivity index (χ3v) is 9.57. The number of aromatic nitrogens is 1. The lowest BCUT2D eigenvalue weighted by molar-refractivity contribution is 0.0368. The van der Waals surface area contributed by atoms with Crippen LogP contribution in [-0.4, -0.2) is 61.6 Å². The van der Waals surface area contributed by atoms with Gasteiger partial charge in [-0.15, -0.1) is 5.53 Å². The molecule has 0 radical (unpaired) electrons. The van der Waals surface area contributed by atoms with Crippen LogP contribution in [0.3, 0.4) is 0 Å². The molecule has 9 nitrogen and oxygen atoms in total. The summed E-state index contributed by atoms with van der Waals surface area (Å²) in [5.74, 6) is -0.302. The zero-order valence-electron chi connectivity index (χ0n) is 26.3. The van der Waals surface area contributed by atoms with E-state index in [1.54, 1.807) is 18.3 Å². The number of nitrogens with one attached hydrogen (secondary N) is 4. The first-order valence-corrected chi connectivity index (χ1v) is 16.5. The van der Waals surface area contributed by atoms with Gasteiger partial charge in [0, 0.05) is 49.1 Å². The quantitative estimate of drug-likeness (QED) is 0.167. The third-order valence-electron chi connectivity index (χ3n) is 9.29. The van der Waals surface area contributed by atoms with Crippen molar-refractivity contribution in [2.24, 2.45) is 0 Å². The van der Waals surface area contributed by atoms with E-state index in [2.05, 4.69) is 68.7 Å². The largest absolute Gasteiger partial charge is 0.379 e. The molecule has 7 rings (SSSR count). The SMILES string of the molecule is BC(Nc1cc(Cl)c2ncc(C#N)c(N[C@H](CCN3CCOCC3)c3ccccc3)c2c1)(C1=CN(C2CC2)NN1)c1ccc(F)cc1. The van der Waals surface area contributed by atoms with Gasteiger partial charge in [0.15, 0.2) is 0 Å². The average molecular weight is 651 g/mol. The van der Waals surface area contributed by atoms with Crippen molar-refractivity contribution in [1.82, 2.24) is 25.9 Å². The molecular weight excluding hydrogens is 614 g/mol. The number of hydrogen-bond acceptors (Lipinski definition) is 9. The van der Waals surface area contributed by atoms with Crippen LogP contribution in [0.2, 0.25) is 5.02 Å². The Morgan fingerprint density at radius 1 is 1.13 bits per heavy atom. The highest BCUT2D eigenvalue weighted by molar-refractivity contribution is 6.36. The van der Waals surface area contributed by atoms with Crippen LogP contribution in [0.25, 0.3) is 10.9 Å². The second-order valence-corrected chi connectivity index (χ2v) is 12.9. The number of hydrazine groups is 2. The molecule has 2 fully saturated rings. The fourth-order valence-electron chi connectivity index (χ4n) is 6.39. The van der Waals surface area contributed by atoms with Crippen molar-refractivity contribution in [3.8, 4) is 6.07 Å². The van der Waals surface area contributed by atoms with Crippen molar-refractivity contribution in [3.63, 3.8) is 0 Å². The van der Waals surface area contributed by atoms with Gasteiger partial charge < -0.3 is 20.8 Å². The smallest absolute Gasteiger partial charge is 0.148 e. The number of fused-ring (bicyclic) bond motifs is 1. The number of benzene rings is 3.